The molecule has 1 aromatic carbocycles. The Morgan fingerprint density at radius 1 is 1.33 bits per heavy atom. The number of thioether (sulfide) groups is 1. The fraction of sp³-hybridized carbons (Fsp3) is 0.214. The van der Waals surface area contributed by atoms with Crippen molar-refractivity contribution in [3.05, 3.63) is 40.4 Å². The van der Waals surface area contributed by atoms with E-state index >= 15 is 0 Å². The Morgan fingerprint density at radius 2 is 2.00 bits per heavy atom. The Morgan fingerprint density at radius 3 is 2.52 bits per heavy atom. The molecule has 2 rings (SSSR count). The van der Waals surface area contributed by atoms with Crippen LogP contribution < -0.4 is 5.73 Å². The molecule has 0 saturated carbocycles. The molecule has 0 saturated heterocycles. The molecule has 0 aliphatic carbocycles. The molecule has 0 fully saturated rings. The molecule has 1 heterocycles. The van der Waals surface area contributed by atoms with Gasteiger partial charge in [-0.3, -0.25) is 4.79 Å². The number of carboxylic acids is 1. The van der Waals surface area contributed by atoms with Crippen LogP contribution in [-0.4, -0.2) is 27.7 Å². The summed E-state index contributed by atoms with van der Waals surface area (Å²) >= 11 is 2.63. The highest BCUT2D eigenvalue weighted by Gasteiger charge is 2.14. The molecule has 0 aliphatic heterocycles. The van der Waals surface area contributed by atoms with Crippen LogP contribution in [0.4, 0.5) is 0 Å². The third-order valence-corrected chi connectivity index (χ3v) is 4.93. The maximum atomic E-state index is 11.0. The van der Waals surface area contributed by atoms with Gasteiger partial charge in [-0.05, 0) is 12.5 Å². The molecule has 0 aliphatic rings. The van der Waals surface area contributed by atoms with Crippen molar-refractivity contribution in [2.75, 3.05) is 5.75 Å². The number of carbonyl (C=O) groups excluding carboxylic acids is 1. The molecule has 0 atom stereocenters. The molecule has 0 bridgehead atoms. The quantitative estimate of drug-likeness (QED) is 0.852. The van der Waals surface area contributed by atoms with Crippen molar-refractivity contribution >= 4 is 35.0 Å². The van der Waals surface area contributed by atoms with E-state index in [9.17, 15) is 9.59 Å². The number of hydrogen-bond acceptors (Lipinski definition) is 5. The number of aryl methyl sites for hydroxylation is 1. The van der Waals surface area contributed by atoms with Crippen molar-refractivity contribution in [1.29, 1.82) is 0 Å². The fourth-order valence-corrected chi connectivity index (χ4v) is 3.37. The van der Waals surface area contributed by atoms with Crippen molar-refractivity contribution < 1.29 is 14.7 Å². The van der Waals surface area contributed by atoms with Crippen LogP contribution in [0, 0.1) is 6.92 Å². The Labute approximate surface area is 130 Å². The molecule has 0 radical (unpaired) electrons. The zero-order chi connectivity index (χ0) is 15.4. The number of rotatable bonds is 6. The van der Waals surface area contributed by atoms with Crippen LogP contribution in [0.2, 0.25) is 0 Å². The lowest BCUT2D eigenvalue weighted by atomic mass is 10.2. The summed E-state index contributed by atoms with van der Waals surface area (Å²) in [5, 5.41) is 9.74. The first-order valence-electron chi connectivity index (χ1n) is 6.13. The first-order chi connectivity index (χ1) is 9.97. The SMILES string of the molecule is Cc1nc(-c2ccc(CSCC(N)=O)cc2)sc1C(=O)O. The van der Waals surface area contributed by atoms with E-state index in [1.165, 1.54) is 23.1 Å². The first kappa shape index (κ1) is 15.5. The van der Waals surface area contributed by atoms with Crippen LogP contribution in [0.25, 0.3) is 10.6 Å². The number of primary amides is 1. The van der Waals surface area contributed by atoms with E-state index in [1.54, 1.807) is 6.92 Å². The van der Waals surface area contributed by atoms with E-state index in [2.05, 4.69) is 4.98 Å². The standard InChI is InChI=1S/C14H14N2O3S2/c1-8-12(14(18)19)21-13(16-8)10-4-2-9(3-5-10)6-20-7-11(15)17/h2-5H,6-7H2,1H3,(H2,15,17)(H,18,19). The minimum atomic E-state index is -0.948. The summed E-state index contributed by atoms with van der Waals surface area (Å²) in [6.07, 6.45) is 0. The molecule has 0 unspecified atom stereocenters. The summed E-state index contributed by atoms with van der Waals surface area (Å²) in [4.78, 5) is 26.2. The highest BCUT2D eigenvalue weighted by atomic mass is 32.2. The van der Waals surface area contributed by atoms with E-state index in [1.807, 2.05) is 24.3 Å². The highest BCUT2D eigenvalue weighted by Crippen LogP contribution is 2.28. The molecule has 21 heavy (non-hydrogen) atoms. The van der Waals surface area contributed by atoms with Crippen LogP contribution in [0.1, 0.15) is 20.9 Å². The molecule has 0 spiro atoms. The molecule has 5 nitrogen and oxygen atoms in total. The number of thiazole rings is 1. The first-order valence-corrected chi connectivity index (χ1v) is 8.10. The van der Waals surface area contributed by atoms with Crippen LogP contribution >= 0.6 is 23.1 Å². The molecule has 1 amide bonds. The maximum Gasteiger partial charge on any atom is 0.347 e. The number of aromatic nitrogens is 1. The van der Waals surface area contributed by atoms with Gasteiger partial charge >= 0.3 is 5.97 Å². The van der Waals surface area contributed by atoms with Crippen molar-refractivity contribution in [2.24, 2.45) is 5.73 Å². The van der Waals surface area contributed by atoms with Gasteiger partial charge in [0.15, 0.2) is 0 Å². The lowest BCUT2D eigenvalue weighted by Crippen LogP contribution is -2.13. The molecule has 7 heteroatoms. The number of aromatic carboxylic acids is 1. The topological polar surface area (TPSA) is 93.3 Å². The molecular weight excluding hydrogens is 308 g/mol. The van der Waals surface area contributed by atoms with Crippen LogP contribution in [0.5, 0.6) is 0 Å². The van der Waals surface area contributed by atoms with E-state index in [0.29, 0.717) is 22.2 Å². The normalized spacial score (nSPS) is 10.5. The van der Waals surface area contributed by atoms with Crippen molar-refractivity contribution in [2.45, 2.75) is 12.7 Å². The number of carbonyl (C=O) groups is 2. The van der Waals surface area contributed by atoms with Crippen LogP contribution in [0.3, 0.4) is 0 Å². The van der Waals surface area contributed by atoms with Gasteiger partial charge < -0.3 is 10.8 Å². The second kappa shape index (κ2) is 6.73. The number of benzene rings is 1. The number of nitrogens with two attached hydrogens (primary N) is 1. The predicted molar refractivity (Wildman–Crippen MR) is 84.6 cm³/mol. The minimum Gasteiger partial charge on any atom is -0.477 e. The largest absolute Gasteiger partial charge is 0.477 e. The number of carboxylic acid groups (broad SMARTS) is 1. The van der Waals surface area contributed by atoms with Gasteiger partial charge in [0.05, 0.1) is 11.4 Å². The lowest BCUT2D eigenvalue weighted by molar-refractivity contribution is -0.115. The van der Waals surface area contributed by atoms with Gasteiger partial charge in [-0.25, -0.2) is 9.78 Å². The van der Waals surface area contributed by atoms with Gasteiger partial charge in [-0.2, -0.15) is 0 Å². The van der Waals surface area contributed by atoms with Crippen molar-refractivity contribution in [3.63, 3.8) is 0 Å². The zero-order valence-electron chi connectivity index (χ0n) is 11.3. The third-order valence-electron chi connectivity index (χ3n) is 2.70. The van der Waals surface area contributed by atoms with Crippen LogP contribution in [0.15, 0.2) is 24.3 Å². The molecule has 2 aromatic rings. The second-order valence-electron chi connectivity index (χ2n) is 4.39. The van der Waals surface area contributed by atoms with Crippen LogP contribution in [-0.2, 0) is 10.5 Å². The second-order valence-corrected chi connectivity index (χ2v) is 6.38. The van der Waals surface area contributed by atoms with Gasteiger partial charge in [0.2, 0.25) is 5.91 Å². The number of amides is 1. The molecular formula is C14H14N2O3S2. The van der Waals surface area contributed by atoms with E-state index in [0.717, 1.165) is 11.1 Å². The molecule has 3 N–H and O–H groups in total. The van der Waals surface area contributed by atoms with Crippen molar-refractivity contribution in [3.8, 4) is 10.6 Å². The summed E-state index contributed by atoms with van der Waals surface area (Å²) in [6, 6.07) is 7.70. The lowest BCUT2D eigenvalue weighted by Gasteiger charge is -2.01. The van der Waals surface area contributed by atoms with Gasteiger partial charge in [-0.1, -0.05) is 24.3 Å². The number of hydrogen-bond donors (Lipinski definition) is 2. The highest BCUT2D eigenvalue weighted by molar-refractivity contribution is 7.99. The Balaban J connectivity index is 2.10. The average Bonchev–Trinajstić information content (AvgIpc) is 2.81. The van der Waals surface area contributed by atoms with E-state index in [-0.39, 0.29) is 10.8 Å². The zero-order valence-corrected chi connectivity index (χ0v) is 13.0. The predicted octanol–water partition coefficient (Wildman–Crippen LogP) is 2.54. The average molecular weight is 322 g/mol. The Bertz CT molecular complexity index is 665. The summed E-state index contributed by atoms with van der Waals surface area (Å²) in [5.41, 5.74) is 7.58. The summed E-state index contributed by atoms with van der Waals surface area (Å²) in [7, 11) is 0. The molecule has 1 aromatic heterocycles. The summed E-state index contributed by atoms with van der Waals surface area (Å²) in [6.45, 7) is 1.69. The maximum absolute atomic E-state index is 11.0. The monoisotopic (exact) mass is 322 g/mol. The van der Waals surface area contributed by atoms with Gasteiger partial charge in [0, 0.05) is 11.3 Å². The van der Waals surface area contributed by atoms with Crippen molar-refractivity contribution in [1.82, 2.24) is 4.98 Å². The minimum absolute atomic E-state index is 0.270. The Hall–Kier alpha value is -1.86. The summed E-state index contributed by atoms with van der Waals surface area (Å²) in [5.74, 6) is -0.262. The molecule has 110 valence electrons. The number of nitrogens with zero attached hydrogens (tertiary/aromatic N) is 1. The van der Waals surface area contributed by atoms with Gasteiger partial charge in [-0.15, -0.1) is 23.1 Å². The third kappa shape index (κ3) is 4.05. The van der Waals surface area contributed by atoms with Gasteiger partial charge in [0.25, 0.3) is 0 Å². The Kier molecular flexibility index (Phi) is 4.98. The van der Waals surface area contributed by atoms with Gasteiger partial charge in [0.1, 0.15) is 9.88 Å². The van der Waals surface area contributed by atoms with E-state index in [4.69, 9.17) is 10.8 Å². The smallest absolute Gasteiger partial charge is 0.347 e. The van der Waals surface area contributed by atoms with E-state index < -0.39 is 5.97 Å². The fourth-order valence-electron chi connectivity index (χ4n) is 1.73. The summed E-state index contributed by atoms with van der Waals surface area (Å²) < 4.78 is 0.